The highest BCUT2D eigenvalue weighted by atomic mass is 19.4. The zero-order chi connectivity index (χ0) is 26.0. The van der Waals surface area contributed by atoms with Crippen molar-refractivity contribution in [1.29, 1.82) is 0 Å². The normalized spacial score (nSPS) is 14.1. The Labute approximate surface area is 212 Å². The average Bonchev–Trinajstić information content (AvgIpc) is 2.89. The minimum absolute atomic E-state index is 0.0217. The number of hydrogen-bond donors (Lipinski definition) is 2. The van der Waals surface area contributed by atoms with Crippen LogP contribution in [0.15, 0.2) is 67.0 Å². The average molecular weight is 508 g/mol. The molecule has 0 saturated carbocycles. The molecule has 5 nitrogen and oxygen atoms in total. The van der Waals surface area contributed by atoms with Crippen LogP contribution in [-0.4, -0.2) is 15.0 Å². The molecule has 2 N–H and O–H groups in total. The van der Waals surface area contributed by atoms with Gasteiger partial charge in [0.2, 0.25) is 0 Å². The number of hydrogen-bond acceptors (Lipinski definition) is 5. The van der Waals surface area contributed by atoms with Crippen molar-refractivity contribution in [2.45, 2.75) is 44.8 Å². The SMILES string of the molecule is CC(Nc1nc(C(F)(F)F)ccc1-c1cc(Nc2cccc3c2CCCC3)ncn1)c1ccc(F)cc1. The number of pyridine rings is 1. The first kappa shape index (κ1) is 24.7. The number of aryl methyl sites for hydroxylation is 1. The van der Waals surface area contributed by atoms with Crippen LogP contribution in [0.25, 0.3) is 11.3 Å². The Morgan fingerprint density at radius 1 is 0.919 bits per heavy atom. The van der Waals surface area contributed by atoms with Crippen molar-refractivity contribution >= 4 is 17.3 Å². The minimum Gasteiger partial charge on any atom is -0.363 e. The number of alkyl halides is 3. The summed E-state index contributed by atoms with van der Waals surface area (Å²) in [6, 6.07) is 15.5. The van der Waals surface area contributed by atoms with Crippen LogP contribution in [0.2, 0.25) is 0 Å². The van der Waals surface area contributed by atoms with Gasteiger partial charge >= 0.3 is 6.18 Å². The number of rotatable bonds is 6. The fraction of sp³-hybridized carbons (Fsp3) is 0.250. The summed E-state index contributed by atoms with van der Waals surface area (Å²) in [4.78, 5) is 12.5. The maximum Gasteiger partial charge on any atom is 0.433 e. The van der Waals surface area contributed by atoms with Crippen LogP contribution in [0.4, 0.5) is 34.9 Å². The maximum absolute atomic E-state index is 13.5. The molecule has 1 atom stereocenters. The molecule has 37 heavy (non-hydrogen) atoms. The molecule has 1 unspecified atom stereocenters. The second-order valence-corrected chi connectivity index (χ2v) is 9.07. The zero-order valence-electron chi connectivity index (χ0n) is 20.1. The summed E-state index contributed by atoms with van der Waals surface area (Å²) in [5.41, 5.74) is 4.04. The quantitative estimate of drug-likeness (QED) is 0.265. The smallest absolute Gasteiger partial charge is 0.363 e. The van der Waals surface area contributed by atoms with Gasteiger partial charge in [-0.15, -0.1) is 0 Å². The summed E-state index contributed by atoms with van der Waals surface area (Å²) in [7, 11) is 0. The third-order valence-corrected chi connectivity index (χ3v) is 6.51. The zero-order valence-corrected chi connectivity index (χ0v) is 20.1. The summed E-state index contributed by atoms with van der Waals surface area (Å²) >= 11 is 0. The van der Waals surface area contributed by atoms with Crippen molar-refractivity contribution in [3.63, 3.8) is 0 Å². The Hall–Kier alpha value is -4.01. The van der Waals surface area contributed by atoms with Crippen LogP contribution >= 0.6 is 0 Å². The summed E-state index contributed by atoms with van der Waals surface area (Å²) in [6.45, 7) is 1.77. The summed E-state index contributed by atoms with van der Waals surface area (Å²) in [5.74, 6) is 0.157. The van der Waals surface area contributed by atoms with Crippen molar-refractivity contribution in [2.75, 3.05) is 10.6 Å². The molecule has 2 heterocycles. The van der Waals surface area contributed by atoms with Crippen LogP contribution in [-0.2, 0) is 19.0 Å². The van der Waals surface area contributed by atoms with Crippen LogP contribution in [0.3, 0.4) is 0 Å². The second-order valence-electron chi connectivity index (χ2n) is 9.07. The highest BCUT2D eigenvalue weighted by Crippen LogP contribution is 2.35. The van der Waals surface area contributed by atoms with Gasteiger partial charge in [0.25, 0.3) is 0 Å². The Bertz CT molecular complexity index is 1400. The molecule has 0 saturated heterocycles. The van der Waals surface area contributed by atoms with E-state index in [0.717, 1.165) is 31.0 Å². The number of anilines is 3. The van der Waals surface area contributed by atoms with Gasteiger partial charge in [-0.3, -0.25) is 0 Å². The van der Waals surface area contributed by atoms with Gasteiger partial charge < -0.3 is 10.6 Å². The lowest BCUT2D eigenvalue weighted by Gasteiger charge is -2.20. The predicted molar refractivity (Wildman–Crippen MR) is 135 cm³/mol. The first-order chi connectivity index (χ1) is 17.8. The highest BCUT2D eigenvalue weighted by molar-refractivity contribution is 5.75. The molecule has 190 valence electrons. The molecule has 0 radical (unpaired) electrons. The number of halogens is 4. The van der Waals surface area contributed by atoms with Gasteiger partial charge in [-0.25, -0.2) is 19.3 Å². The van der Waals surface area contributed by atoms with E-state index in [1.807, 2.05) is 12.1 Å². The molecule has 0 amide bonds. The molecular formula is C28H25F4N5. The molecule has 0 aliphatic heterocycles. The fourth-order valence-corrected chi connectivity index (χ4v) is 4.58. The largest absolute Gasteiger partial charge is 0.433 e. The van der Waals surface area contributed by atoms with Crippen LogP contribution in [0.5, 0.6) is 0 Å². The topological polar surface area (TPSA) is 62.7 Å². The molecule has 0 spiro atoms. The van der Waals surface area contributed by atoms with E-state index in [1.54, 1.807) is 25.1 Å². The van der Waals surface area contributed by atoms with Crippen molar-refractivity contribution in [3.05, 3.63) is 95.2 Å². The predicted octanol–water partition coefficient (Wildman–Crippen LogP) is 7.49. The van der Waals surface area contributed by atoms with E-state index in [9.17, 15) is 17.6 Å². The minimum atomic E-state index is -4.61. The van der Waals surface area contributed by atoms with Crippen LogP contribution < -0.4 is 10.6 Å². The second kappa shape index (κ2) is 10.2. The van der Waals surface area contributed by atoms with E-state index < -0.39 is 23.7 Å². The first-order valence-corrected chi connectivity index (χ1v) is 12.1. The van der Waals surface area contributed by atoms with Gasteiger partial charge in [-0.2, -0.15) is 13.2 Å². The number of nitrogens with one attached hydrogen (secondary N) is 2. The van der Waals surface area contributed by atoms with Crippen LogP contribution in [0.1, 0.15) is 48.2 Å². The van der Waals surface area contributed by atoms with Crippen molar-refractivity contribution in [2.24, 2.45) is 0 Å². The molecule has 0 bridgehead atoms. The molecule has 5 rings (SSSR count). The lowest BCUT2D eigenvalue weighted by atomic mass is 9.90. The molecular weight excluding hydrogens is 482 g/mol. The van der Waals surface area contributed by atoms with Gasteiger partial charge in [0, 0.05) is 23.4 Å². The Morgan fingerprint density at radius 2 is 1.70 bits per heavy atom. The highest BCUT2D eigenvalue weighted by Gasteiger charge is 2.33. The van der Waals surface area contributed by atoms with E-state index in [2.05, 4.69) is 31.7 Å². The molecule has 9 heteroatoms. The summed E-state index contributed by atoms with van der Waals surface area (Å²) in [5, 5.41) is 6.41. The number of aromatic nitrogens is 3. The number of benzene rings is 2. The third-order valence-electron chi connectivity index (χ3n) is 6.51. The molecule has 0 fully saturated rings. The Kier molecular flexibility index (Phi) is 6.78. The summed E-state index contributed by atoms with van der Waals surface area (Å²) < 4.78 is 53.8. The van der Waals surface area contributed by atoms with E-state index in [-0.39, 0.29) is 5.82 Å². The fourth-order valence-electron chi connectivity index (χ4n) is 4.58. The molecule has 1 aliphatic carbocycles. The monoisotopic (exact) mass is 507 g/mol. The molecule has 2 aromatic carbocycles. The van der Waals surface area contributed by atoms with Crippen molar-refractivity contribution < 1.29 is 17.6 Å². The van der Waals surface area contributed by atoms with Crippen LogP contribution in [0, 0.1) is 5.82 Å². The van der Waals surface area contributed by atoms with Crippen molar-refractivity contribution in [3.8, 4) is 11.3 Å². The third kappa shape index (κ3) is 5.55. The number of nitrogens with zero attached hydrogens (tertiary/aromatic N) is 3. The molecule has 1 aliphatic rings. The van der Waals surface area contributed by atoms with E-state index in [0.29, 0.717) is 22.6 Å². The molecule has 2 aromatic heterocycles. The lowest BCUT2D eigenvalue weighted by molar-refractivity contribution is -0.141. The van der Waals surface area contributed by atoms with Gasteiger partial charge in [-0.05, 0) is 79.6 Å². The Balaban J connectivity index is 1.49. The standard InChI is InChI=1S/C28H25F4N5/c1-17(18-9-11-20(29)12-10-18)35-27-22(13-14-25(37-27)28(30,31)32)24-15-26(34-16-33-24)36-23-8-4-6-19-5-2-3-7-21(19)23/h4,6,8-17H,2-3,5,7H2,1H3,(H,35,37)(H,33,34,36). The van der Waals surface area contributed by atoms with Gasteiger partial charge in [-0.1, -0.05) is 24.3 Å². The first-order valence-electron chi connectivity index (χ1n) is 12.1. The van der Waals surface area contributed by atoms with E-state index >= 15 is 0 Å². The van der Waals surface area contributed by atoms with Gasteiger partial charge in [0.1, 0.15) is 29.5 Å². The molecule has 4 aromatic rings. The van der Waals surface area contributed by atoms with Gasteiger partial charge in [0.05, 0.1) is 5.69 Å². The maximum atomic E-state index is 13.5. The van der Waals surface area contributed by atoms with E-state index in [4.69, 9.17) is 0 Å². The Morgan fingerprint density at radius 3 is 2.49 bits per heavy atom. The van der Waals surface area contributed by atoms with E-state index in [1.165, 1.54) is 42.1 Å². The number of fused-ring (bicyclic) bond motifs is 1. The lowest BCUT2D eigenvalue weighted by Crippen LogP contribution is -2.14. The van der Waals surface area contributed by atoms with Crippen molar-refractivity contribution in [1.82, 2.24) is 15.0 Å². The van der Waals surface area contributed by atoms with Gasteiger partial charge in [0.15, 0.2) is 0 Å². The summed E-state index contributed by atoms with van der Waals surface area (Å²) in [6.07, 6.45) is 1.07.